The van der Waals surface area contributed by atoms with Gasteiger partial charge in [-0.3, -0.25) is 0 Å². The van der Waals surface area contributed by atoms with Crippen LogP contribution in [0.2, 0.25) is 0 Å². The fourth-order valence-electron chi connectivity index (χ4n) is 2.60. The largest absolute Gasteiger partial charge is 0.573 e. The molecule has 0 aliphatic heterocycles. The second-order valence-electron chi connectivity index (χ2n) is 5.94. The number of nitrogens with one attached hydrogen (secondary N) is 1. The maximum Gasteiger partial charge on any atom is 0.573 e. The molecule has 2 rings (SSSR count). The van der Waals surface area contributed by atoms with Crippen molar-refractivity contribution in [2.24, 2.45) is 5.41 Å². The lowest BCUT2D eigenvalue weighted by Crippen LogP contribution is -2.21. The van der Waals surface area contributed by atoms with Gasteiger partial charge in [-0.05, 0) is 42.9 Å². The zero-order chi connectivity index (χ0) is 15.0. The SMILES string of the molecule is CC1(C)CCC(Nc2ccc(Br)cc2OC(F)(F)F)C1. The predicted molar refractivity (Wildman–Crippen MR) is 75.9 cm³/mol. The van der Waals surface area contributed by atoms with E-state index in [-0.39, 0.29) is 17.2 Å². The van der Waals surface area contributed by atoms with Gasteiger partial charge in [0, 0.05) is 10.5 Å². The molecule has 1 unspecified atom stereocenters. The van der Waals surface area contributed by atoms with Gasteiger partial charge < -0.3 is 10.1 Å². The first-order valence-corrected chi connectivity index (χ1v) is 7.26. The third kappa shape index (κ3) is 4.30. The molecule has 0 amide bonds. The smallest absolute Gasteiger partial charge is 0.404 e. The fourth-order valence-corrected chi connectivity index (χ4v) is 2.94. The molecule has 2 nitrogen and oxygen atoms in total. The van der Waals surface area contributed by atoms with E-state index in [1.165, 1.54) is 6.07 Å². The van der Waals surface area contributed by atoms with Crippen molar-refractivity contribution in [1.82, 2.24) is 0 Å². The van der Waals surface area contributed by atoms with E-state index >= 15 is 0 Å². The lowest BCUT2D eigenvalue weighted by atomic mass is 9.92. The van der Waals surface area contributed by atoms with E-state index in [1.54, 1.807) is 12.1 Å². The summed E-state index contributed by atoms with van der Waals surface area (Å²) >= 11 is 3.16. The predicted octanol–water partition coefficient (Wildman–Crippen LogP) is 5.34. The highest BCUT2D eigenvalue weighted by Gasteiger charge is 2.34. The van der Waals surface area contributed by atoms with Gasteiger partial charge in [0.05, 0.1) is 5.69 Å². The minimum atomic E-state index is -4.69. The van der Waals surface area contributed by atoms with Gasteiger partial charge in [0.1, 0.15) is 0 Å². The summed E-state index contributed by atoms with van der Waals surface area (Å²) in [6.07, 6.45) is -1.73. The van der Waals surface area contributed by atoms with Crippen LogP contribution < -0.4 is 10.1 Å². The van der Waals surface area contributed by atoms with Crippen molar-refractivity contribution in [3.8, 4) is 5.75 Å². The van der Waals surface area contributed by atoms with Gasteiger partial charge in [-0.25, -0.2) is 0 Å². The average Bonchev–Trinajstić information content (AvgIpc) is 2.60. The average molecular weight is 352 g/mol. The monoisotopic (exact) mass is 351 g/mol. The molecule has 20 heavy (non-hydrogen) atoms. The zero-order valence-corrected chi connectivity index (χ0v) is 12.9. The number of rotatable bonds is 3. The highest BCUT2D eigenvalue weighted by molar-refractivity contribution is 9.10. The van der Waals surface area contributed by atoms with Crippen LogP contribution in [-0.4, -0.2) is 12.4 Å². The number of ether oxygens (including phenoxy) is 1. The van der Waals surface area contributed by atoms with Crippen LogP contribution in [-0.2, 0) is 0 Å². The molecule has 1 aliphatic rings. The van der Waals surface area contributed by atoms with Crippen molar-refractivity contribution >= 4 is 21.6 Å². The summed E-state index contributed by atoms with van der Waals surface area (Å²) in [4.78, 5) is 0. The molecule has 1 fully saturated rings. The Morgan fingerprint density at radius 2 is 2.05 bits per heavy atom. The van der Waals surface area contributed by atoms with Crippen LogP contribution in [0.5, 0.6) is 5.75 Å². The molecule has 0 saturated heterocycles. The number of anilines is 1. The van der Waals surface area contributed by atoms with E-state index in [9.17, 15) is 13.2 Å². The first-order chi connectivity index (χ1) is 9.15. The summed E-state index contributed by atoms with van der Waals surface area (Å²) in [7, 11) is 0. The molecule has 6 heteroatoms. The first kappa shape index (κ1) is 15.5. The van der Waals surface area contributed by atoms with Gasteiger partial charge in [-0.2, -0.15) is 0 Å². The third-order valence-electron chi connectivity index (χ3n) is 3.50. The Bertz CT molecular complexity index is 488. The molecule has 1 aromatic rings. The van der Waals surface area contributed by atoms with Crippen LogP contribution in [0.3, 0.4) is 0 Å². The second-order valence-corrected chi connectivity index (χ2v) is 6.85. The lowest BCUT2D eigenvalue weighted by Gasteiger charge is -2.21. The van der Waals surface area contributed by atoms with Crippen molar-refractivity contribution in [3.05, 3.63) is 22.7 Å². The molecular weight excluding hydrogens is 335 g/mol. The minimum Gasteiger partial charge on any atom is -0.404 e. The molecule has 0 aromatic heterocycles. The summed E-state index contributed by atoms with van der Waals surface area (Å²) in [5.74, 6) is -0.198. The van der Waals surface area contributed by atoms with Gasteiger partial charge in [0.2, 0.25) is 0 Å². The third-order valence-corrected chi connectivity index (χ3v) is 3.99. The van der Waals surface area contributed by atoms with E-state index in [1.807, 2.05) is 0 Å². The molecule has 112 valence electrons. The fraction of sp³-hybridized carbons (Fsp3) is 0.571. The molecule has 1 saturated carbocycles. The zero-order valence-electron chi connectivity index (χ0n) is 11.4. The van der Waals surface area contributed by atoms with Crippen LogP contribution in [0.25, 0.3) is 0 Å². The van der Waals surface area contributed by atoms with Gasteiger partial charge in [-0.15, -0.1) is 13.2 Å². The van der Waals surface area contributed by atoms with Crippen molar-refractivity contribution in [2.75, 3.05) is 5.32 Å². The van der Waals surface area contributed by atoms with Gasteiger partial charge in [-0.1, -0.05) is 29.8 Å². The topological polar surface area (TPSA) is 21.3 Å². The number of hydrogen-bond donors (Lipinski definition) is 1. The summed E-state index contributed by atoms with van der Waals surface area (Å²) < 4.78 is 41.9. The Hall–Kier alpha value is -0.910. The molecule has 0 heterocycles. The maximum atomic E-state index is 12.4. The minimum absolute atomic E-state index is 0.182. The molecular formula is C14H17BrF3NO. The van der Waals surface area contributed by atoms with Crippen LogP contribution in [0.15, 0.2) is 22.7 Å². The van der Waals surface area contributed by atoms with E-state index in [0.717, 1.165) is 19.3 Å². The molecule has 1 aliphatic carbocycles. The van der Waals surface area contributed by atoms with E-state index in [4.69, 9.17) is 0 Å². The molecule has 0 bridgehead atoms. The maximum absolute atomic E-state index is 12.4. The molecule has 1 aromatic carbocycles. The summed E-state index contributed by atoms with van der Waals surface area (Å²) in [5, 5.41) is 3.17. The van der Waals surface area contributed by atoms with E-state index in [2.05, 4.69) is 39.8 Å². The number of hydrogen-bond acceptors (Lipinski definition) is 2. The van der Waals surface area contributed by atoms with Crippen LogP contribution in [0.1, 0.15) is 33.1 Å². The highest BCUT2D eigenvalue weighted by Crippen LogP contribution is 2.40. The number of halogens is 4. The Balaban J connectivity index is 2.15. The van der Waals surface area contributed by atoms with E-state index < -0.39 is 6.36 Å². The standard InChI is InChI=1S/C14H17BrF3NO/c1-13(2)6-5-10(8-13)19-11-4-3-9(15)7-12(11)20-14(16,17)18/h3-4,7,10,19H,5-6,8H2,1-2H3. The van der Waals surface area contributed by atoms with Gasteiger partial charge in [0.25, 0.3) is 0 Å². The Labute approximate surface area is 124 Å². The van der Waals surface area contributed by atoms with Crippen molar-refractivity contribution in [2.45, 2.75) is 45.5 Å². The van der Waals surface area contributed by atoms with E-state index in [0.29, 0.717) is 10.2 Å². The Kier molecular flexibility index (Phi) is 4.23. The van der Waals surface area contributed by atoms with Crippen molar-refractivity contribution in [3.63, 3.8) is 0 Å². The van der Waals surface area contributed by atoms with Crippen molar-refractivity contribution < 1.29 is 17.9 Å². The van der Waals surface area contributed by atoms with Gasteiger partial charge in [0.15, 0.2) is 5.75 Å². The Morgan fingerprint density at radius 3 is 2.60 bits per heavy atom. The van der Waals surface area contributed by atoms with Crippen LogP contribution in [0, 0.1) is 5.41 Å². The summed E-state index contributed by atoms with van der Waals surface area (Å²) in [6.45, 7) is 4.34. The molecule has 1 N–H and O–H groups in total. The summed E-state index contributed by atoms with van der Waals surface area (Å²) in [6, 6.07) is 4.82. The Morgan fingerprint density at radius 1 is 1.35 bits per heavy atom. The molecule has 1 atom stereocenters. The van der Waals surface area contributed by atoms with Crippen LogP contribution in [0.4, 0.5) is 18.9 Å². The van der Waals surface area contributed by atoms with Crippen LogP contribution >= 0.6 is 15.9 Å². The number of alkyl halides is 3. The normalized spacial score (nSPS) is 21.8. The highest BCUT2D eigenvalue weighted by atomic mass is 79.9. The van der Waals surface area contributed by atoms with Crippen molar-refractivity contribution in [1.29, 1.82) is 0 Å². The number of benzene rings is 1. The quantitative estimate of drug-likeness (QED) is 0.793. The first-order valence-electron chi connectivity index (χ1n) is 6.46. The molecule has 0 spiro atoms. The van der Waals surface area contributed by atoms with Gasteiger partial charge >= 0.3 is 6.36 Å². The lowest BCUT2D eigenvalue weighted by molar-refractivity contribution is -0.274. The summed E-state index contributed by atoms with van der Waals surface area (Å²) in [5.41, 5.74) is 0.617. The second kappa shape index (κ2) is 5.47. The molecule has 0 radical (unpaired) electrons.